The van der Waals surface area contributed by atoms with Gasteiger partial charge >= 0.3 is 0 Å². The minimum Gasteiger partial charge on any atom is -0.368 e. The Morgan fingerprint density at radius 3 is 2.52 bits per heavy atom. The molecule has 2 fully saturated rings. The van der Waals surface area contributed by atoms with Gasteiger partial charge in [0.25, 0.3) is 0 Å². The van der Waals surface area contributed by atoms with Gasteiger partial charge < -0.3 is 14.7 Å². The van der Waals surface area contributed by atoms with Crippen molar-refractivity contribution in [3.63, 3.8) is 0 Å². The molecule has 1 aromatic carbocycles. The summed E-state index contributed by atoms with van der Waals surface area (Å²) in [6, 6.07) is 6.64. The van der Waals surface area contributed by atoms with Gasteiger partial charge in [-0.15, -0.1) is 0 Å². The van der Waals surface area contributed by atoms with E-state index in [2.05, 4.69) is 24.8 Å². The molecule has 31 heavy (non-hydrogen) atoms. The molecule has 0 unspecified atom stereocenters. The van der Waals surface area contributed by atoms with Crippen molar-refractivity contribution in [2.45, 2.75) is 0 Å². The molecular weight excluding hydrogens is 421 g/mol. The maximum Gasteiger partial charge on any atom is 0.229 e. The third-order valence-electron chi connectivity index (χ3n) is 5.82. The fourth-order valence-electron chi connectivity index (χ4n) is 3.99. The molecule has 3 aromatic rings. The lowest BCUT2D eigenvalue weighted by Gasteiger charge is -2.43. The van der Waals surface area contributed by atoms with Crippen LogP contribution in [0.3, 0.4) is 0 Å². The number of hydrogen-bond acceptors (Lipinski definition) is 6. The van der Waals surface area contributed by atoms with E-state index in [4.69, 9.17) is 11.6 Å². The number of imidazole rings is 1. The molecule has 2 aliphatic rings. The lowest BCUT2D eigenvalue weighted by molar-refractivity contribution is -0.136. The Morgan fingerprint density at radius 1 is 1.03 bits per heavy atom. The maximum atomic E-state index is 13.4. The average molecular weight is 442 g/mol. The summed E-state index contributed by atoms with van der Waals surface area (Å²) < 4.78 is 15.2. The van der Waals surface area contributed by atoms with Crippen molar-refractivity contribution in [1.29, 1.82) is 0 Å². The number of nitrogens with zero attached hydrogens (tertiary/aromatic N) is 7. The highest BCUT2D eigenvalue weighted by Crippen LogP contribution is 2.27. The first-order valence-electron chi connectivity index (χ1n) is 10.1. The van der Waals surface area contributed by atoms with Crippen molar-refractivity contribution >= 4 is 29.0 Å². The van der Waals surface area contributed by atoms with Crippen molar-refractivity contribution < 1.29 is 9.18 Å². The SMILES string of the molecule is O=C(C1CN(c2cc(-n3ccnc3)ncn2)C1)N1CCN(c2ccc(F)c(Cl)c2)CC1. The molecule has 2 saturated heterocycles. The summed E-state index contributed by atoms with van der Waals surface area (Å²) in [5.74, 6) is 1.28. The number of hydrogen-bond donors (Lipinski definition) is 0. The Labute approximate surface area is 183 Å². The van der Waals surface area contributed by atoms with E-state index in [9.17, 15) is 9.18 Å². The van der Waals surface area contributed by atoms with Gasteiger partial charge in [-0.2, -0.15) is 0 Å². The van der Waals surface area contributed by atoms with Crippen molar-refractivity contribution in [1.82, 2.24) is 24.4 Å². The van der Waals surface area contributed by atoms with Crippen LogP contribution < -0.4 is 9.80 Å². The van der Waals surface area contributed by atoms with E-state index in [-0.39, 0.29) is 16.8 Å². The second kappa shape index (κ2) is 8.14. The summed E-state index contributed by atoms with van der Waals surface area (Å²) in [4.78, 5) is 31.7. The van der Waals surface area contributed by atoms with E-state index in [0.29, 0.717) is 39.3 Å². The van der Waals surface area contributed by atoms with Crippen LogP contribution in [0.2, 0.25) is 5.02 Å². The second-order valence-electron chi connectivity index (χ2n) is 7.72. The molecule has 4 heterocycles. The number of aromatic nitrogens is 4. The molecule has 0 N–H and O–H groups in total. The molecule has 0 radical (unpaired) electrons. The number of rotatable bonds is 4. The highest BCUT2D eigenvalue weighted by molar-refractivity contribution is 6.31. The van der Waals surface area contributed by atoms with Crippen molar-refractivity contribution in [2.75, 3.05) is 49.1 Å². The number of amides is 1. The van der Waals surface area contributed by atoms with Crippen molar-refractivity contribution in [3.05, 3.63) is 60.2 Å². The van der Waals surface area contributed by atoms with Gasteiger partial charge in [0.2, 0.25) is 5.91 Å². The number of carbonyl (C=O) groups excluding carboxylic acids is 1. The first-order chi connectivity index (χ1) is 15.1. The van der Waals surface area contributed by atoms with Gasteiger partial charge in [0, 0.05) is 63.4 Å². The molecule has 2 aliphatic heterocycles. The fraction of sp³-hybridized carbons (Fsp3) is 0.333. The van der Waals surface area contributed by atoms with Gasteiger partial charge in [-0.1, -0.05) is 11.6 Å². The average Bonchev–Trinajstić information content (AvgIpc) is 3.30. The highest BCUT2D eigenvalue weighted by atomic mass is 35.5. The Bertz CT molecular complexity index is 1080. The number of halogens is 2. The molecule has 0 aliphatic carbocycles. The maximum absolute atomic E-state index is 13.4. The van der Waals surface area contributed by atoms with Gasteiger partial charge in [-0.25, -0.2) is 19.3 Å². The predicted molar refractivity (Wildman–Crippen MR) is 115 cm³/mol. The molecule has 0 saturated carbocycles. The molecule has 0 atom stereocenters. The molecular formula is C21H21ClFN7O. The van der Waals surface area contributed by atoms with E-state index in [0.717, 1.165) is 17.3 Å². The standard InChI is InChI=1S/C21H21ClFN7O/c22-17-9-16(1-2-18(17)23)27-5-7-28(8-6-27)21(31)15-11-30(12-15)20-10-19(25-13-26-20)29-4-3-24-14-29/h1-4,9-10,13-15H,5-8,11-12H2. The molecule has 0 spiro atoms. The molecule has 10 heteroatoms. The highest BCUT2D eigenvalue weighted by Gasteiger charge is 2.37. The minimum atomic E-state index is -0.422. The molecule has 8 nitrogen and oxygen atoms in total. The van der Waals surface area contributed by atoms with Crippen LogP contribution >= 0.6 is 11.6 Å². The zero-order chi connectivity index (χ0) is 21.4. The summed E-state index contributed by atoms with van der Waals surface area (Å²) in [6.45, 7) is 3.97. The largest absolute Gasteiger partial charge is 0.368 e. The fourth-order valence-corrected chi connectivity index (χ4v) is 4.17. The van der Waals surface area contributed by atoms with Crippen molar-refractivity contribution in [3.8, 4) is 5.82 Å². The first-order valence-corrected chi connectivity index (χ1v) is 10.5. The Kier molecular flexibility index (Phi) is 5.19. The van der Waals surface area contributed by atoms with Gasteiger partial charge in [0.05, 0.1) is 10.9 Å². The van der Waals surface area contributed by atoms with Crippen molar-refractivity contribution in [2.24, 2.45) is 5.92 Å². The number of piperazine rings is 1. The number of anilines is 2. The van der Waals surface area contributed by atoms with Crippen LogP contribution in [0.4, 0.5) is 15.9 Å². The van der Waals surface area contributed by atoms with Gasteiger partial charge in [-0.05, 0) is 18.2 Å². The Balaban J connectivity index is 1.15. The third kappa shape index (κ3) is 3.93. The quantitative estimate of drug-likeness (QED) is 0.618. The van der Waals surface area contributed by atoms with Crippen LogP contribution in [0.15, 0.2) is 49.3 Å². The molecule has 2 aromatic heterocycles. The number of carbonyl (C=O) groups is 1. The monoisotopic (exact) mass is 441 g/mol. The molecule has 5 rings (SSSR count). The number of benzene rings is 1. The normalized spacial score (nSPS) is 17.0. The summed E-state index contributed by atoms with van der Waals surface area (Å²) >= 11 is 5.90. The van der Waals surface area contributed by atoms with E-state index < -0.39 is 5.82 Å². The van der Waals surface area contributed by atoms with Gasteiger partial charge in [0.1, 0.15) is 30.1 Å². The molecule has 1 amide bonds. The van der Waals surface area contributed by atoms with E-state index in [1.807, 2.05) is 21.7 Å². The topological polar surface area (TPSA) is 70.4 Å². The lowest BCUT2D eigenvalue weighted by atomic mass is 9.98. The zero-order valence-electron chi connectivity index (χ0n) is 16.7. The third-order valence-corrected chi connectivity index (χ3v) is 6.11. The van der Waals surface area contributed by atoms with Crippen LogP contribution in [0.5, 0.6) is 0 Å². The molecule has 160 valence electrons. The second-order valence-corrected chi connectivity index (χ2v) is 8.12. The predicted octanol–water partition coefficient (Wildman–Crippen LogP) is 2.24. The van der Waals surface area contributed by atoms with Gasteiger partial charge in [-0.3, -0.25) is 9.36 Å². The zero-order valence-corrected chi connectivity index (χ0v) is 17.5. The first kappa shape index (κ1) is 19.7. The van der Waals surface area contributed by atoms with Crippen LogP contribution in [0.25, 0.3) is 5.82 Å². The summed E-state index contributed by atoms with van der Waals surface area (Å²) in [6.07, 6.45) is 6.74. The van der Waals surface area contributed by atoms with E-state index >= 15 is 0 Å². The van der Waals surface area contributed by atoms with Gasteiger partial charge in [0.15, 0.2) is 0 Å². The summed E-state index contributed by atoms with van der Waals surface area (Å²) in [5, 5.41) is 0.117. The van der Waals surface area contributed by atoms with Crippen LogP contribution in [-0.2, 0) is 4.79 Å². The Hall–Kier alpha value is -3.20. The smallest absolute Gasteiger partial charge is 0.229 e. The summed E-state index contributed by atoms with van der Waals surface area (Å²) in [7, 11) is 0. The van der Waals surface area contributed by atoms with Crippen LogP contribution in [-0.4, -0.2) is 69.6 Å². The lowest BCUT2D eigenvalue weighted by Crippen LogP contribution is -2.58. The van der Waals surface area contributed by atoms with E-state index in [1.165, 1.54) is 12.4 Å². The molecule has 0 bridgehead atoms. The summed E-state index contributed by atoms with van der Waals surface area (Å²) in [5.41, 5.74) is 0.880. The minimum absolute atomic E-state index is 0.0292. The van der Waals surface area contributed by atoms with Crippen LogP contribution in [0.1, 0.15) is 0 Å². The van der Waals surface area contributed by atoms with Crippen LogP contribution in [0, 0.1) is 11.7 Å². The van der Waals surface area contributed by atoms with E-state index in [1.54, 1.807) is 24.7 Å². The Morgan fingerprint density at radius 2 is 1.81 bits per heavy atom.